The van der Waals surface area contributed by atoms with Crippen LogP contribution in [0.2, 0.25) is 5.02 Å². The van der Waals surface area contributed by atoms with Crippen LogP contribution in [0.25, 0.3) is 11.5 Å². The number of aliphatic hydroxyl groups is 1. The van der Waals surface area contributed by atoms with Gasteiger partial charge < -0.3 is 19.3 Å². The Morgan fingerprint density at radius 2 is 2.04 bits per heavy atom. The lowest BCUT2D eigenvalue weighted by Gasteiger charge is -2.08. The van der Waals surface area contributed by atoms with Crippen molar-refractivity contribution in [1.29, 1.82) is 0 Å². The van der Waals surface area contributed by atoms with Gasteiger partial charge in [-0.1, -0.05) is 11.6 Å². The fourth-order valence-corrected chi connectivity index (χ4v) is 2.26. The van der Waals surface area contributed by atoms with E-state index in [9.17, 15) is 9.90 Å². The zero-order valence-electron chi connectivity index (χ0n) is 12.6. The average Bonchev–Trinajstić information content (AvgIpc) is 3.25. The van der Waals surface area contributed by atoms with Gasteiger partial charge in [-0.2, -0.15) is 0 Å². The summed E-state index contributed by atoms with van der Waals surface area (Å²) in [6.07, 6.45) is 2.08. The molecule has 0 spiro atoms. The minimum atomic E-state index is -0.883. The van der Waals surface area contributed by atoms with Crippen molar-refractivity contribution in [2.75, 3.05) is 6.54 Å². The molecule has 0 aliphatic carbocycles. The van der Waals surface area contributed by atoms with E-state index in [4.69, 9.17) is 20.4 Å². The molecule has 0 bridgehead atoms. The Hall–Kier alpha value is -2.57. The van der Waals surface area contributed by atoms with E-state index >= 15 is 0 Å². The van der Waals surface area contributed by atoms with Gasteiger partial charge in [0.05, 0.1) is 24.9 Å². The molecule has 6 nitrogen and oxygen atoms in total. The highest BCUT2D eigenvalue weighted by Gasteiger charge is 2.14. The summed E-state index contributed by atoms with van der Waals surface area (Å²) >= 11 is 5.84. The highest BCUT2D eigenvalue weighted by atomic mass is 35.5. The number of nitrogens with zero attached hydrogens (tertiary/aromatic N) is 1. The van der Waals surface area contributed by atoms with E-state index in [1.165, 1.54) is 12.5 Å². The number of carbonyl (C=O) groups excluding carboxylic acids is 1. The van der Waals surface area contributed by atoms with Crippen LogP contribution >= 0.6 is 11.6 Å². The van der Waals surface area contributed by atoms with Crippen LogP contribution in [0.1, 0.15) is 17.6 Å². The van der Waals surface area contributed by atoms with Crippen LogP contribution in [0.5, 0.6) is 0 Å². The van der Waals surface area contributed by atoms with E-state index in [2.05, 4.69) is 10.3 Å². The average molecular weight is 347 g/mol. The summed E-state index contributed by atoms with van der Waals surface area (Å²) in [4.78, 5) is 16.2. The molecule has 0 radical (unpaired) electrons. The van der Waals surface area contributed by atoms with Crippen molar-refractivity contribution >= 4 is 17.5 Å². The lowest BCUT2D eigenvalue weighted by molar-refractivity contribution is -0.121. The van der Waals surface area contributed by atoms with Crippen LogP contribution in [0.3, 0.4) is 0 Å². The number of hydrogen-bond acceptors (Lipinski definition) is 5. The summed E-state index contributed by atoms with van der Waals surface area (Å²) < 4.78 is 10.4. The van der Waals surface area contributed by atoms with Gasteiger partial charge in [-0.05, 0) is 36.4 Å². The molecule has 2 heterocycles. The molecule has 1 atom stereocenters. The number of nitrogens with one attached hydrogen (secondary N) is 1. The molecule has 0 aliphatic heterocycles. The van der Waals surface area contributed by atoms with Crippen LogP contribution in [-0.4, -0.2) is 22.5 Å². The quantitative estimate of drug-likeness (QED) is 0.716. The van der Waals surface area contributed by atoms with E-state index in [1.54, 1.807) is 36.4 Å². The van der Waals surface area contributed by atoms with Crippen molar-refractivity contribution in [3.63, 3.8) is 0 Å². The number of furan rings is 1. The maximum Gasteiger partial charge on any atom is 0.226 e. The number of hydrogen-bond donors (Lipinski definition) is 2. The lowest BCUT2D eigenvalue weighted by atomic mass is 10.2. The number of carbonyl (C=O) groups is 1. The number of halogens is 1. The third-order valence-electron chi connectivity index (χ3n) is 3.35. The van der Waals surface area contributed by atoms with Gasteiger partial charge in [-0.15, -0.1) is 0 Å². The maximum absolute atomic E-state index is 11.9. The predicted molar refractivity (Wildman–Crippen MR) is 87.3 cm³/mol. The molecule has 1 amide bonds. The number of rotatable bonds is 6. The molecule has 3 aromatic rings. The Bertz CT molecular complexity index is 796. The summed E-state index contributed by atoms with van der Waals surface area (Å²) in [6, 6.07) is 10.4. The van der Waals surface area contributed by atoms with Gasteiger partial charge in [0.1, 0.15) is 18.1 Å². The first-order valence-electron chi connectivity index (χ1n) is 7.30. The molecule has 1 aromatic carbocycles. The van der Waals surface area contributed by atoms with Gasteiger partial charge in [-0.3, -0.25) is 4.79 Å². The first-order valence-corrected chi connectivity index (χ1v) is 7.68. The molecule has 3 rings (SSSR count). The summed E-state index contributed by atoms with van der Waals surface area (Å²) in [5.74, 6) is 0.559. The standard InChI is InChI=1S/C17H15ClN2O4/c18-12-5-3-11(4-6-12)17-20-13(10-24-17)8-16(22)19-9-14(21)15-2-1-7-23-15/h1-7,10,14,21H,8-9H2,(H,19,22). The fraction of sp³-hybridized carbons (Fsp3) is 0.176. The van der Waals surface area contributed by atoms with Crippen molar-refractivity contribution in [3.05, 3.63) is 65.4 Å². The van der Waals surface area contributed by atoms with Crippen LogP contribution in [0.15, 0.2) is 57.8 Å². The van der Waals surface area contributed by atoms with Crippen LogP contribution < -0.4 is 5.32 Å². The predicted octanol–water partition coefficient (Wildman–Crippen LogP) is 2.98. The van der Waals surface area contributed by atoms with Crippen LogP contribution in [-0.2, 0) is 11.2 Å². The Labute approximate surface area is 143 Å². The SMILES string of the molecule is O=C(Cc1coc(-c2ccc(Cl)cc2)n1)NCC(O)c1ccco1. The number of oxazole rings is 1. The van der Waals surface area contributed by atoms with Crippen molar-refractivity contribution in [2.24, 2.45) is 0 Å². The second-order valence-electron chi connectivity index (χ2n) is 5.16. The number of amides is 1. The minimum Gasteiger partial charge on any atom is -0.467 e. The van der Waals surface area contributed by atoms with E-state index in [-0.39, 0.29) is 18.9 Å². The van der Waals surface area contributed by atoms with Crippen LogP contribution in [0, 0.1) is 0 Å². The molecular weight excluding hydrogens is 332 g/mol. The molecule has 0 saturated heterocycles. The summed E-state index contributed by atoms with van der Waals surface area (Å²) in [7, 11) is 0. The smallest absolute Gasteiger partial charge is 0.226 e. The van der Waals surface area contributed by atoms with Gasteiger partial charge in [0.2, 0.25) is 11.8 Å². The highest BCUT2D eigenvalue weighted by Crippen LogP contribution is 2.21. The van der Waals surface area contributed by atoms with Crippen molar-refractivity contribution in [3.8, 4) is 11.5 Å². The zero-order chi connectivity index (χ0) is 16.9. The number of aromatic nitrogens is 1. The zero-order valence-corrected chi connectivity index (χ0v) is 13.4. The molecule has 7 heteroatoms. The molecule has 124 valence electrons. The molecule has 24 heavy (non-hydrogen) atoms. The normalized spacial score (nSPS) is 12.1. The van der Waals surface area contributed by atoms with Gasteiger partial charge >= 0.3 is 0 Å². The molecule has 0 saturated carbocycles. The Morgan fingerprint density at radius 3 is 2.75 bits per heavy atom. The minimum absolute atomic E-state index is 0.0575. The molecule has 2 N–H and O–H groups in total. The molecule has 1 unspecified atom stereocenters. The molecule has 0 aliphatic rings. The molecular formula is C17H15ClN2O4. The number of benzene rings is 1. The summed E-state index contributed by atoms with van der Waals surface area (Å²) in [5, 5.41) is 13.1. The third kappa shape index (κ3) is 4.04. The second kappa shape index (κ2) is 7.33. The molecule has 0 fully saturated rings. The first-order chi connectivity index (χ1) is 11.6. The third-order valence-corrected chi connectivity index (χ3v) is 3.60. The van der Waals surface area contributed by atoms with E-state index < -0.39 is 6.10 Å². The first kappa shape index (κ1) is 16.3. The van der Waals surface area contributed by atoms with Crippen molar-refractivity contribution < 1.29 is 18.7 Å². The number of aliphatic hydroxyl groups excluding tert-OH is 1. The van der Waals surface area contributed by atoms with Gasteiger partial charge in [-0.25, -0.2) is 4.98 Å². The molecule has 2 aromatic heterocycles. The van der Waals surface area contributed by atoms with Gasteiger partial charge in [0.15, 0.2) is 0 Å². The lowest BCUT2D eigenvalue weighted by Crippen LogP contribution is -2.29. The summed E-state index contributed by atoms with van der Waals surface area (Å²) in [5.41, 5.74) is 1.28. The van der Waals surface area contributed by atoms with Crippen molar-refractivity contribution in [1.82, 2.24) is 10.3 Å². The van der Waals surface area contributed by atoms with E-state index in [0.717, 1.165) is 5.56 Å². The fourth-order valence-electron chi connectivity index (χ4n) is 2.13. The van der Waals surface area contributed by atoms with E-state index in [0.29, 0.717) is 22.4 Å². The Kier molecular flexibility index (Phi) is 4.98. The van der Waals surface area contributed by atoms with Crippen LogP contribution in [0.4, 0.5) is 0 Å². The topological polar surface area (TPSA) is 88.5 Å². The maximum atomic E-state index is 11.9. The Morgan fingerprint density at radius 1 is 1.25 bits per heavy atom. The second-order valence-corrected chi connectivity index (χ2v) is 5.60. The van der Waals surface area contributed by atoms with Crippen molar-refractivity contribution in [2.45, 2.75) is 12.5 Å². The van der Waals surface area contributed by atoms with Gasteiger partial charge in [0, 0.05) is 10.6 Å². The summed E-state index contributed by atoms with van der Waals surface area (Å²) in [6.45, 7) is 0.0637. The largest absolute Gasteiger partial charge is 0.467 e. The Balaban J connectivity index is 1.54. The van der Waals surface area contributed by atoms with Gasteiger partial charge in [0.25, 0.3) is 0 Å². The highest BCUT2D eigenvalue weighted by molar-refractivity contribution is 6.30. The van der Waals surface area contributed by atoms with E-state index in [1.807, 2.05) is 0 Å². The monoisotopic (exact) mass is 346 g/mol.